The van der Waals surface area contributed by atoms with Gasteiger partial charge in [-0.3, -0.25) is 0 Å². The van der Waals surface area contributed by atoms with Crippen LogP contribution < -0.4 is 5.32 Å². The Bertz CT molecular complexity index is 475. The molecule has 4 nitrogen and oxygen atoms in total. The van der Waals surface area contributed by atoms with Gasteiger partial charge in [0.2, 0.25) is 0 Å². The summed E-state index contributed by atoms with van der Waals surface area (Å²) in [6.07, 6.45) is 1.95. The van der Waals surface area contributed by atoms with E-state index in [1.54, 1.807) is 0 Å². The fourth-order valence-corrected chi connectivity index (χ4v) is 2.59. The molecule has 1 fully saturated rings. The molecule has 0 bridgehead atoms. The van der Waals surface area contributed by atoms with Gasteiger partial charge in [-0.05, 0) is 17.5 Å². The molecule has 1 saturated heterocycles. The first kappa shape index (κ1) is 13.5. The first-order valence-electron chi connectivity index (χ1n) is 6.13. The van der Waals surface area contributed by atoms with Gasteiger partial charge in [0.1, 0.15) is 9.84 Å². The highest BCUT2D eigenvalue weighted by Crippen LogP contribution is 2.19. The van der Waals surface area contributed by atoms with Gasteiger partial charge in [0.05, 0.1) is 18.5 Å². The molecule has 0 aromatic heterocycles. The molecule has 1 aliphatic heterocycles. The molecule has 1 aromatic carbocycles. The van der Waals surface area contributed by atoms with Gasteiger partial charge < -0.3 is 10.1 Å². The minimum atomic E-state index is -2.89. The lowest BCUT2D eigenvalue weighted by Gasteiger charge is -2.24. The number of aryl methyl sites for hydroxylation is 1. The maximum absolute atomic E-state index is 11.1. The van der Waals surface area contributed by atoms with E-state index in [2.05, 4.69) is 5.32 Å². The van der Waals surface area contributed by atoms with Crippen LogP contribution in [0.1, 0.15) is 17.2 Å². The van der Waals surface area contributed by atoms with E-state index in [0.717, 1.165) is 30.8 Å². The van der Waals surface area contributed by atoms with E-state index in [9.17, 15) is 8.42 Å². The van der Waals surface area contributed by atoms with Crippen molar-refractivity contribution < 1.29 is 13.2 Å². The van der Waals surface area contributed by atoms with Crippen LogP contribution in [-0.4, -0.2) is 40.1 Å². The van der Waals surface area contributed by atoms with Crippen molar-refractivity contribution in [1.82, 2.24) is 5.32 Å². The van der Waals surface area contributed by atoms with Gasteiger partial charge in [-0.15, -0.1) is 0 Å². The Kier molecular flexibility index (Phi) is 4.37. The molecule has 1 atom stereocenters. The van der Waals surface area contributed by atoms with Crippen LogP contribution in [0.25, 0.3) is 0 Å². The summed E-state index contributed by atoms with van der Waals surface area (Å²) in [7, 11) is -2.89. The van der Waals surface area contributed by atoms with Crippen LogP contribution in [0.5, 0.6) is 0 Å². The van der Waals surface area contributed by atoms with Crippen molar-refractivity contribution in [3.8, 4) is 0 Å². The van der Waals surface area contributed by atoms with Crippen LogP contribution in [-0.2, 0) is 21.0 Å². The van der Waals surface area contributed by atoms with Crippen molar-refractivity contribution in [2.45, 2.75) is 12.5 Å². The lowest BCUT2D eigenvalue weighted by molar-refractivity contribution is 0.0277. The summed E-state index contributed by atoms with van der Waals surface area (Å²) in [6.45, 7) is 2.48. The standard InChI is InChI=1S/C13H19NO3S/c1-18(15,16)9-6-11-2-4-12(5-3-11)13-10-14-7-8-17-13/h2-5,13-14H,6-10H2,1H3. The lowest BCUT2D eigenvalue weighted by atomic mass is 10.1. The molecule has 1 aromatic rings. The third-order valence-corrected chi connectivity index (χ3v) is 3.99. The number of hydrogen-bond donors (Lipinski definition) is 1. The molecule has 5 heteroatoms. The molecule has 1 heterocycles. The second-order valence-corrected chi connectivity index (χ2v) is 6.94. The van der Waals surface area contributed by atoms with Gasteiger partial charge >= 0.3 is 0 Å². The average molecular weight is 269 g/mol. The number of rotatable bonds is 4. The van der Waals surface area contributed by atoms with Gasteiger partial charge in [-0.25, -0.2) is 8.42 Å². The number of morpholine rings is 1. The maximum Gasteiger partial charge on any atom is 0.147 e. The van der Waals surface area contributed by atoms with Crippen LogP contribution in [0.15, 0.2) is 24.3 Å². The van der Waals surface area contributed by atoms with Crippen LogP contribution in [0, 0.1) is 0 Å². The van der Waals surface area contributed by atoms with Gasteiger partial charge in [0.25, 0.3) is 0 Å². The number of hydrogen-bond acceptors (Lipinski definition) is 4. The highest BCUT2D eigenvalue weighted by atomic mass is 32.2. The fraction of sp³-hybridized carbons (Fsp3) is 0.538. The van der Waals surface area contributed by atoms with Gasteiger partial charge in [-0.2, -0.15) is 0 Å². The van der Waals surface area contributed by atoms with Gasteiger partial charge in [0, 0.05) is 19.3 Å². The second kappa shape index (κ2) is 5.82. The Balaban J connectivity index is 1.96. The Labute approximate surface area is 108 Å². The zero-order chi connectivity index (χ0) is 13.0. The molecule has 1 N–H and O–H groups in total. The Morgan fingerprint density at radius 2 is 2.06 bits per heavy atom. The minimum absolute atomic E-state index is 0.114. The smallest absolute Gasteiger partial charge is 0.147 e. The SMILES string of the molecule is CS(=O)(=O)CCc1ccc(C2CNCCO2)cc1. The van der Waals surface area contributed by atoms with Crippen LogP contribution in [0.2, 0.25) is 0 Å². The number of benzene rings is 1. The van der Waals surface area contributed by atoms with E-state index >= 15 is 0 Å². The molecule has 18 heavy (non-hydrogen) atoms. The normalized spacial score (nSPS) is 20.8. The van der Waals surface area contributed by atoms with E-state index in [1.807, 2.05) is 24.3 Å². The largest absolute Gasteiger partial charge is 0.371 e. The monoisotopic (exact) mass is 269 g/mol. The molecule has 0 spiro atoms. The van der Waals surface area contributed by atoms with E-state index in [-0.39, 0.29) is 11.9 Å². The summed E-state index contributed by atoms with van der Waals surface area (Å²) in [6, 6.07) is 8.02. The molecule has 0 amide bonds. The summed E-state index contributed by atoms with van der Waals surface area (Å²) in [5, 5.41) is 3.29. The third kappa shape index (κ3) is 4.08. The highest BCUT2D eigenvalue weighted by molar-refractivity contribution is 7.90. The van der Waals surface area contributed by atoms with E-state index in [0.29, 0.717) is 6.42 Å². The predicted molar refractivity (Wildman–Crippen MR) is 71.4 cm³/mol. The summed E-state index contributed by atoms with van der Waals surface area (Å²) < 4.78 is 27.8. The summed E-state index contributed by atoms with van der Waals surface area (Å²) in [5.74, 6) is 0.202. The second-order valence-electron chi connectivity index (χ2n) is 4.69. The van der Waals surface area contributed by atoms with Crippen LogP contribution >= 0.6 is 0 Å². The van der Waals surface area contributed by atoms with E-state index in [4.69, 9.17) is 4.74 Å². The molecule has 1 aliphatic rings. The first-order valence-corrected chi connectivity index (χ1v) is 8.19. The van der Waals surface area contributed by atoms with Gasteiger partial charge in [0.15, 0.2) is 0 Å². The number of nitrogens with one attached hydrogen (secondary N) is 1. The Hall–Kier alpha value is -0.910. The van der Waals surface area contributed by atoms with Crippen molar-refractivity contribution >= 4 is 9.84 Å². The zero-order valence-corrected chi connectivity index (χ0v) is 11.4. The van der Waals surface area contributed by atoms with Crippen molar-refractivity contribution in [2.75, 3.05) is 31.7 Å². The quantitative estimate of drug-likeness (QED) is 0.883. The molecule has 1 unspecified atom stereocenters. The van der Waals surface area contributed by atoms with Crippen molar-refractivity contribution in [3.63, 3.8) is 0 Å². The van der Waals surface area contributed by atoms with Crippen molar-refractivity contribution in [3.05, 3.63) is 35.4 Å². The average Bonchev–Trinajstić information content (AvgIpc) is 2.37. The Morgan fingerprint density at radius 3 is 2.61 bits per heavy atom. The van der Waals surface area contributed by atoms with Crippen LogP contribution in [0.3, 0.4) is 0 Å². The fourth-order valence-electron chi connectivity index (χ4n) is 1.98. The molecule has 0 aliphatic carbocycles. The summed E-state index contributed by atoms with van der Waals surface area (Å²) >= 11 is 0. The predicted octanol–water partition coefficient (Wildman–Crippen LogP) is 0.935. The van der Waals surface area contributed by atoms with Crippen LogP contribution in [0.4, 0.5) is 0 Å². The maximum atomic E-state index is 11.1. The molecule has 0 saturated carbocycles. The minimum Gasteiger partial charge on any atom is -0.371 e. The molecule has 0 radical (unpaired) electrons. The molecular weight excluding hydrogens is 250 g/mol. The third-order valence-electron chi connectivity index (χ3n) is 3.04. The summed E-state index contributed by atoms with van der Waals surface area (Å²) in [5.41, 5.74) is 2.19. The molecule has 100 valence electrons. The first-order chi connectivity index (χ1) is 8.54. The molecule has 2 rings (SSSR count). The van der Waals surface area contributed by atoms with Crippen molar-refractivity contribution in [2.24, 2.45) is 0 Å². The summed E-state index contributed by atoms with van der Waals surface area (Å²) in [4.78, 5) is 0. The van der Waals surface area contributed by atoms with E-state index < -0.39 is 9.84 Å². The number of ether oxygens (including phenoxy) is 1. The zero-order valence-electron chi connectivity index (χ0n) is 10.6. The highest BCUT2D eigenvalue weighted by Gasteiger charge is 2.15. The number of sulfone groups is 1. The van der Waals surface area contributed by atoms with E-state index in [1.165, 1.54) is 6.26 Å². The topological polar surface area (TPSA) is 55.4 Å². The molecular formula is C13H19NO3S. The Morgan fingerprint density at radius 1 is 1.33 bits per heavy atom. The van der Waals surface area contributed by atoms with Gasteiger partial charge in [-0.1, -0.05) is 24.3 Å². The van der Waals surface area contributed by atoms with Crippen molar-refractivity contribution in [1.29, 1.82) is 0 Å². The lowest BCUT2D eigenvalue weighted by Crippen LogP contribution is -2.33.